The summed E-state index contributed by atoms with van der Waals surface area (Å²) in [5.41, 5.74) is 0. The molecule has 0 saturated heterocycles. The van der Waals surface area contributed by atoms with Crippen LogP contribution in [0.1, 0.15) is 0 Å². The van der Waals surface area contributed by atoms with E-state index in [9.17, 15) is 13.2 Å². The molecule has 1 rings (SSSR count). The minimum absolute atomic E-state index is 0.101. The van der Waals surface area contributed by atoms with Crippen LogP contribution in [0.15, 0.2) is 12.3 Å². The second-order valence-corrected chi connectivity index (χ2v) is 4.12. The van der Waals surface area contributed by atoms with E-state index in [-0.39, 0.29) is 10.9 Å². The third-order valence-corrected chi connectivity index (χ3v) is 2.88. The number of amides is 1. The lowest BCUT2D eigenvalue weighted by molar-refractivity contribution is -0.129. The Labute approximate surface area is 84.1 Å². The summed E-state index contributed by atoms with van der Waals surface area (Å²) in [5.74, 6) is -0.905. The molecule has 0 N–H and O–H groups in total. The van der Waals surface area contributed by atoms with Crippen molar-refractivity contribution < 1.29 is 13.2 Å². The molecule has 1 aliphatic rings. The van der Waals surface area contributed by atoms with Gasteiger partial charge in [-0.05, 0) is 6.08 Å². The average Bonchev–Trinajstić information content (AvgIpc) is 2.45. The molecule has 1 atom stereocenters. The Morgan fingerprint density at radius 3 is 2.50 bits per heavy atom. The molecule has 1 amide bonds. The molecule has 14 heavy (non-hydrogen) atoms. The van der Waals surface area contributed by atoms with E-state index in [2.05, 4.69) is 0 Å². The number of carbonyl (C=O) groups is 1. The summed E-state index contributed by atoms with van der Waals surface area (Å²) in [7, 11) is 2.44. The molecule has 5 nitrogen and oxygen atoms in total. The predicted octanol–water partition coefficient (Wildman–Crippen LogP) is -0.841. The normalized spacial score (nSPS) is 20.1. The summed E-state index contributed by atoms with van der Waals surface area (Å²) in [5, 5.41) is 0. The Morgan fingerprint density at radius 2 is 2.07 bits per heavy atom. The fourth-order valence-electron chi connectivity index (χ4n) is 1.28. The van der Waals surface area contributed by atoms with Gasteiger partial charge >= 0.3 is 0 Å². The molecule has 1 aliphatic heterocycles. The molecule has 1 heterocycles. The summed E-state index contributed by atoms with van der Waals surface area (Å²) in [6.45, 7) is 0. The zero-order chi connectivity index (χ0) is 10.9. The molecule has 0 aromatic rings. The third-order valence-electron chi connectivity index (χ3n) is 1.99. The van der Waals surface area contributed by atoms with Gasteiger partial charge in [0.15, 0.2) is 4.99 Å². The molecular formula is C8H12N2O3S. The van der Waals surface area contributed by atoms with Gasteiger partial charge in [0, 0.05) is 27.3 Å². The van der Waals surface area contributed by atoms with Gasteiger partial charge in [-0.2, -0.15) is 8.42 Å². The smallest absolute Gasteiger partial charge is 0.236 e. The number of hydrogen-bond acceptors (Lipinski definition) is 3. The zero-order valence-corrected chi connectivity index (χ0v) is 9.08. The lowest BCUT2D eigenvalue weighted by Crippen LogP contribution is -2.35. The highest BCUT2D eigenvalue weighted by Gasteiger charge is 2.30. The monoisotopic (exact) mass is 216 g/mol. The zero-order valence-electron chi connectivity index (χ0n) is 8.26. The molecular weight excluding hydrogens is 204 g/mol. The van der Waals surface area contributed by atoms with Gasteiger partial charge in [-0.3, -0.25) is 4.79 Å². The maximum Gasteiger partial charge on any atom is 0.236 e. The van der Waals surface area contributed by atoms with Crippen LogP contribution >= 0.6 is 0 Å². The third kappa shape index (κ3) is 1.79. The molecule has 0 fully saturated rings. The quantitative estimate of drug-likeness (QED) is 0.536. The SMILES string of the molecule is CN(C)C(=O)C1C=CN(C)C1=S(=O)=O. The van der Waals surface area contributed by atoms with E-state index < -0.39 is 16.2 Å². The maximum atomic E-state index is 11.6. The first-order valence-electron chi connectivity index (χ1n) is 4.03. The number of hydrogen-bond donors (Lipinski definition) is 0. The van der Waals surface area contributed by atoms with Gasteiger partial charge in [-0.15, -0.1) is 0 Å². The standard InChI is InChI=1S/C8H12N2O3S/c1-9(2)7(11)6-4-5-10(3)8(6)14(12)13/h4-6H,1-3H3. The molecule has 0 aromatic heterocycles. The van der Waals surface area contributed by atoms with Crippen LogP contribution in [0.5, 0.6) is 0 Å². The Morgan fingerprint density at radius 1 is 1.50 bits per heavy atom. The minimum Gasteiger partial charge on any atom is -0.348 e. The van der Waals surface area contributed by atoms with Crippen LogP contribution in [0.2, 0.25) is 0 Å². The Bertz CT molecular complexity index is 400. The van der Waals surface area contributed by atoms with Gasteiger partial charge in [-0.25, -0.2) is 0 Å². The van der Waals surface area contributed by atoms with Crippen LogP contribution in [-0.4, -0.2) is 50.3 Å². The van der Waals surface area contributed by atoms with E-state index in [4.69, 9.17) is 0 Å². The first kappa shape index (κ1) is 10.8. The summed E-state index contributed by atoms with van der Waals surface area (Å²) in [4.78, 5) is 14.5. The Kier molecular flexibility index (Phi) is 2.95. The predicted molar refractivity (Wildman–Crippen MR) is 53.0 cm³/mol. The van der Waals surface area contributed by atoms with Crippen molar-refractivity contribution in [1.82, 2.24) is 9.80 Å². The maximum absolute atomic E-state index is 11.6. The Balaban J connectivity index is 3.10. The van der Waals surface area contributed by atoms with E-state index in [0.29, 0.717) is 0 Å². The molecule has 0 aromatic carbocycles. The van der Waals surface area contributed by atoms with E-state index in [0.717, 1.165) is 0 Å². The first-order chi connectivity index (χ1) is 6.45. The van der Waals surface area contributed by atoms with E-state index in [1.807, 2.05) is 0 Å². The molecule has 0 radical (unpaired) electrons. The van der Waals surface area contributed by atoms with Crippen LogP contribution in [0.3, 0.4) is 0 Å². The summed E-state index contributed by atoms with van der Waals surface area (Å²) >= 11 is 0. The molecule has 0 saturated carbocycles. The van der Waals surface area contributed by atoms with E-state index in [1.54, 1.807) is 33.4 Å². The van der Waals surface area contributed by atoms with E-state index >= 15 is 0 Å². The summed E-state index contributed by atoms with van der Waals surface area (Å²) < 4.78 is 21.7. The summed E-state index contributed by atoms with van der Waals surface area (Å²) in [6.07, 6.45) is 3.16. The molecule has 78 valence electrons. The van der Waals surface area contributed by atoms with Gasteiger partial charge in [-0.1, -0.05) is 0 Å². The van der Waals surface area contributed by atoms with Crippen LogP contribution in [-0.2, 0) is 15.1 Å². The van der Waals surface area contributed by atoms with Crippen molar-refractivity contribution in [3.8, 4) is 0 Å². The fraction of sp³-hybridized carbons (Fsp3) is 0.500. The topological polar surface area (TPSA) is 57.7 Å². The molecule has 6 heteroatoms. The van der Waals surface area contributed by atoms with Crippen LogP contribution in [0.25, 0.3) is 0 Å². The van der Waals surface area contributed by atoms with Gasteiger partial charge in [0.05, 0.1) is 0 Å². The molecule has 1 unspecified atom stereocenters. The van der Waals surface area contributed by atoms with Gasteiger partial charge < -0.3 is 9.80 Å². The van der Waals surface area contributed by atoms with E-state index in [1.165, 1.54) is 9.80 Å². The van der Waals surface area contributed by atoms with Crippen molar-refractivity contribution in [3.63, 3.8) is 0 Å². The Hall–Kier alpha value is -1.30. The van der Waals surface area contributed by atoms with Gasteiger partial charge in [0.25, 0.3) is 0 Å². The highest BCUT2D eigenvalue weighted by Crippen LogP contribution is 2.15. The number of carbonyl (C=O) groups excluding carboxylic acids is 1. The van der Waals surface area contributed by atoms with Crippen LogP contribution in [0, 0.1) is 5.92 Å². The number of nitrogens with zero attached hydrogens (tertiary/aromatic N) is 2. The lowest BCUT2D eigenvalue weighted by atomic mass is 10.1. The van der Waals surface area contributed by atoms with Crippen molar-refractivity contribution in [1.29, 1.82) is 0 Å². The molecule has 0 bridgehead atoms. The summed E-state index contributed by atoms with van der Waals surface area (Å²) in [6, 6.07) is 0. The average molecular weight is 216 g/mol. The van der Waals surface area contributed by atoms with Crippen molar-refractivity contribution in [3.05, 3.63) is 12.3 Å². The van der Waals surface area contributed by atoms with Crippen LogP contribution < -0.4 is 0 Å². The van der Waals surface area contributed by atoms with Crippen molar-refractivity contribution in [2.24, 2.45) is 5.92 Å². The second-order valence-electron chi connectivity index (χ2n) is 3.24. The van der Waals surface area contributed by atoms with Crippen molar-refractivity contribution in [2.45, 2.75) is 0 Å². The van der Waals surface area contributed by atoms with Gasteiger partial charge in [0.2, 0.25) is 16.2 Å². The van der Waals surface area contributed by atoms with Crippen molar-refractivity contribution >= 4 is 21.2 Å². The highest BCUT2D eigenvalue weighted by molar-refractivity contribution is 7.73. The first-order valence-corrected chi connectivity index (χ1v) is 5.11. The highest BCUT2D eigenvalue weighted by atomic mass is 32.2. The molecule has 0 aliphatic carbocycles. The molecule has 0 spiro atoms. The van der Waals surface area contributed by atoms with Crippen LogP contribution in [0.4, 0.5) is 0 Å². The minimum atomic E-state index is -2.36. The number of rotatable bonds is 1. The lowest BCUT2D eigenvalue weighted by Gasteiger charge is -2.16. The second kappa shape index (κ2) is 3.83. The largest absolute Gasteiger partial charge is 0.348 e. The van der Waals surface area contributed by atoms with Crippen molar-refractivity contribution in [2.75, 3.05) is 21.1 Å². The fourth-order valence-corrected chi connectivity index (χ4v) is 1.96. The van der Waals surface area contributed by atoms with Gasteiger partial charge in [0.1, 0.15) is 5.92 Å².